The SMILES string of the molecule is CCOC(=O)/C=C(\NC(=O)OC)c1ccccc1. The molecule has 0 aromatic heterocycles. The average molecular weight is 249 g/mol. The Bertz CT molecular complexity index is 440. The third-order valence-electron chi connectivity index (χ3n) is 2.06. The normalized spacial score (nSPS) is 10.7. The van der Waals surface area contributed by atoms with E-state index in [4.69, 9.17) is 4.74 Å². The highest BCUT2D eigenvalue weighted by Gasteiger charge is 2.09. The fraction of sp³-hybridized carbons (Fsp3) is 0.231. The van der Waals surface area contributed by atoms with Crippen LogP contribution in [0.25, 0.3) is 5.70 Å². The van der Waals surface area contributed by atoms with Crippen molar-refractivity contribution in [3.63, 3.8) is 0 Å². The molecule has 0 bridgehead atoms. The van der Waals surface area contributed by atoms with Crippen molar-refractivity contribution in [1.82, 2.24) is 5.32 Å². The summed E-state index contributed by atoms with van der Waals surface area (Å²) in [5.41, 5.74) is 1.02. The number of esters is 1. The third kappa shape index (κ3) is 4.29. The second kappa shape index (κ2) is 7.11. The molecule has 0 atom stereocenters. The Hall–Kier alpha value is -2.30. The lowest BCUT2D eigenvalue weighted by Gasteiger charge is -2.08. The van der Waals surface area contributed by atoms with Crippen LogP contribution in [-0.4, -0.2) is 25.8 Å². The van der Waals surface area contributed by atoms with E-state index in [0.29, 0.717) is 11.3 Å². The van der Waals surface area contributed by atoms with Crippen LogP contribution in [0, 0.1) is 0 Å². The molecule has 0 unspecified atom stereocenters. The number of rotatable bonds is 4. The van der Waals surface area contributed by atoms with Crippen LogP contribution in [0.15, 0.2) is 36.4 Å². The van der Waals surface area contributed by atoms with Crippen LogP contribution in [0.3, 0.4) is 0 Å². The van der Waals surface area contributed by atoms with Crippen LogP contribution in [0.2, 0.25) is 0 Å². The Morgan fingerprint density at radius 1 is 1.28 bits per heavy atom. The van der Waals surface area contributed by atoms with E-state index in [9.17, 15) is 9.59 Å². The molecule has 0 heterocycles. The molecule has 1 N–H and O–H groups in total. The van der Waals surface area contributed by atoms with Gasteiger partial charge in [0.05, 0.1) is 19.4 Å². The molecule has 0 fully saturated rings. The second-order valence-corrected chi connectivity index (χ2v) is 3.29. The van der Waals surface area contributed by atoms with Gasteiger partial charge in [-0.05, 0) is 12.5 Å². The number of hydrogen-bond donors (Lipinski definition) is 1. The van der Waals surface area contributed by atoms with Gasteiger partial charge in [0.1, 0.15) is 0 Å². The van der Waals surface area contributed by atoms with E-state index < -0.39 is 12.1 Å². The Kier molecular flexibility index (Phi) is 5.44. The monoisotopic (exact) mass is 249 g/mol. The number of ether oxygens (including phenoxy) is 2. The Morgan fingerprint density at radius 3 is 2.50 bits per heavy atom. The molecule has 5 heteroatoms. The van der Waals surface area contributed by atoms with Gasteiger partial charge in [-0.25, -0.2) is 9.59 Å². The van der Waals surface area contributed by atoms with Gasteiger partial charge in [0.15, 0.2) is 0 Å². The summed E-state index contributed by atoms with van der Waals surface area (Å²) < 4.78 is 9.30. The van der Waals surface area contributed by atoms with Crippen molar-refractivity contribution >= 4 is 17.8 Å². The maximum absolute atomic E-state index is 11.4. The van der Waals surface area contributed by atoms with Gasteiger partial charge >= 0.3 is 12.1 Å². The zero-order chi connectivity index (χ0) is 13.4. The van der Waals surface area contributed by atoms with Crippen molar-refractivity contribution in [2.45, 2.75) is 6.92 Å². The van der Waals surface area contributed by atoms with Gasteiger partial charge in [0, 0.05) is 6.08 Å². The highest BCUT2D eigenvalue weighted by Crippen LogP contribution is 2.11. The zero-order valence-electron chi connectivity index (χ0n) is 10.3. The summed E-state index contributed by atoms with van der Waals surface area (Å²) >= 11 is 0. The average Bonchev–Trinajstić information content (AvgIpc) is 2.39. The van der Waals surface area contributed by atoms with Gasteiger partial charge in [-0.2, -0.15) is 0 Å². The zero-order valence-corrected chi connectivity index (χ0v) is 10.3. The maximum atomic E-state index is 11.4. The number of methoxy groups -OCH3 is 1. The Balaban J connectivity index is 2.95. The molecular formula is C13H15NO4. The van der Waals surface area contributed by atoms with E-state index in [-0.39, 0.29) is 6.61 Å². The minimum atomic E-state index is -0.644. The molecule has 0 spiro atoms. The van der Waals surface area contributed by atoms with Crippen molar-refractivity contribution in [3.05, 3.63) is 42.0 Å². The summed E-state index contributed by atoms with van der Waals surface area (Å²) in [7, 11) is 1.25. The molecular weight excluding hydrogens is 234 g/mol. The van der Waals surface area contributed by atoms with Crippen molar-refractivity contribution < 1.29 is 19.1 Å². The first-order chi connectivity index (χ1) is 8.67. The predicted octanol–water partition coefficient (Wildman–Crippen LogP) is 1.95. The molecule has 96 valence electrons. The lowest BCUT2D eigenvalue weighted by molar-refractivity contribution is -0.137. The van der Waals surface area contributed by atoms with E-state index >= 15 is 0 Å². The summed E-state index contributed by atoms with van der Waals surface area (Å²) in [5.74, 6) is -0.521. The Labute approximate surface area is 105 Å². The first-order valence-electron chi connectivity index (χ1n) is 5.46. The second-order valence-electron chi connectivity index (χ2n) is 3.29. The predicted molar refractivity (Wildman–Crippen MR) is 66.6 cm³/mol. The topological polar surface area (TPSA) is 64.6 Å². The number of carbonyl (C=O) groups excluding carboxylic acids is 2. The van der Waals surface area contributed by atoms with Crippen LogP contribution in [0.5, 0.6) is 0 Å². The number of carbonyl (C=O) groups is 2. The van der Waals surface area contributed by atoms with Crippen molar-refractivity contribution in [1.29, 1.82) is 0 Å². The molecule has 0 saturated heterocycles. The molecule has 0 aliphatic rings. The first kappa shape index (κ1) is 13.8. The summed E-state index contributed by atoms with van der Waals surface area (Å²) in [4.78, 5) is 22.6. The lowest BCUT2D eigenvalue weighted by Crippen LogP contribution is -2.22. The summed E-state index contributed by atoms with van der Waals surface area (Å²) in [6.45, 7) is 1.98. The van der Waals surface area contributed by atoms with Crippen LogP contribution < -0.4 is 5.32 Å². The van der Waals surface area contributed by atoms with Gasteiger partial charge < -0.3 is 9.47 Å². The number of nitrogens with one attached hydrogen (secondary N) is 1. The van der Waals surface area contributed by atoms with Crippen LogP contribution >= 0.6 is 0 Å². The molecule has 18 heavy (non-hydrogen) atoms. The number of alkyl carbamates (subject to hydrolysis) is 1. The van der Waals surface area contributed by atoms with Crippen LogP contribution in [-0.2, 0) is 14.3 Å². The van der Waals surface area contributed by atoms with Gasteiger partial charge in [-0.1, -0.05) is 30.3 Å². The van der Waals surface area contributed by atoms with Crippen molar-refractivity contribution in [2.24, 2.45) is 0 Å². The van der Waals surface area contributed by atoms with Crippen LogP contribution in [0.4, 0.5) is 4.79 Å². The van der Waals surface area contributed by atoms with Gasteiger partial charge in [0.25, 0.3) is 0 Å². The first-order valence-corrected chi connectivity index (χ1v) is 5.46. The minimum absolute atomic E-state index is 0.273. The largest absolute Gasteiger partial charge is 0.463 e. The number of amides is 1. The van der Waals surface area contributed by atoms with Gasteiger partial charge in [-0.3, -0.25) is 5.32 Å². The molecule has 1 rings (SSSR count). The molecule has 0 radical (unpaired) electrons. The van der Waals surface area contributed by atoms with E-state index in [1.807, 2.05) is 6.07 Å². The van der Waals surface area contributed by atoms with Crippen molar-refractivity contribution in [2.75, 3.05) is 13.7 Å². The quantitative estimate of drug-likeness (QED) is 0.654. The Morgan fingerprint density at radius 2 is 1.94 bits per heavy atom. The molecule has 5 nitrogen and oxygen atoms in total. The minimum Gasteiger partial charge on any atom is -0.463 e. The fourth-order valence-electron chi connectivity index (χ4n) is 1.27. The highest BCUT2D eigenvalue weighted by atomic mass is 16.5. The van der Waals surface area contributed by atoms with E-state index in [2.05, 4.69) is 10.1 Å². The van der Waals surface area contributed by atoms with E-state index in [1.54, 1.807) is 31.2 Å². The van der Waals surface area contributed by atoms with Crippen molar-refractivity contribution in [3.8, 4) is 0 Å². The molecule has 1 amide bonds. The molecule has 1 aromatic rings. The van der Waals surface area contributed by atoms with E-state index in [1.165, 1.54) is 13.2 Å². The third-order valence-corrected chi connectivity index (χ3v) is 2.06. The fourth-order valence-corrected chi connectivity index (χ4v) is 1.27. The standard InChI is InChI=1S/C13H15NO4/c1-3-18-12(15)9-11(14-13(16)17-2)10-7-5-4-6-8-10/h4-9H,3H2,1-2H3,(H,14,16)/b11-9-. The van der Waals surface area contributed by atoms with Crippen LogP contribution in [0.1, 0.15) is 12.5 Å². The van der Waals surface area contributed by atoms with Gasteiger partial charge in [-0.15, -0.1) is 0 Å². The smallest absolute Gasteiger partial charge is 0.411 e. The summed E-state index contributed by atoms with van der Waals surface area (Å²) in [6.07, 6.45) is 0.574. The molecule has 0 aliphatic heterocycles. The summed E-state index contributed by atoms with van der Waals surface area (Å²) in [6, 6.07) is 8.96. The molecule has 0 saturated carbocycles. The van der Waals surface area contributed by atoms with Gasteiger partial charge in [0.2, 0.25) is 0 Å². The number of hydrogen-bond acceptors (Lipinski definition) is 4. The highest BCUT2D eigenvalue weighted by molar-refractivity contribution is 5.94. The molecule has 0 aliphatic carbocycles. The summed E-state index contributed by atoms with van der Waals surface area (Å²) in [5, 5.41) is 2.47. The number of benzene rings is 1. The maximum Gasteiger partial charge on any atom is 0.411 e. The molecule has 1 aromatic carbocycles. The van der Waals surface area contributed by atoms with E-state index in [0.717, 1.165) is 0 Å². The lowest BCUT2D eigenvalue weighted by atomic mass is 10.1.